The molecular weight excluding hydrogens is 448 g/mol. The highest BCUT2D eigenvalue weighted by Crippen LogP contribution is 2.25. The summed E-state index contributed by atoms with van der Waals surface area (Å²) < 4.78 is 9.92. The molecule has 0 unspecified atom stereocenters. The van der Waals surface area contributed by atoms with Crippen LogP contribution in [0.15, 0.2) is 49.6 Å². The van der Waals surface area contributed by atoms with E-state index in [0.717, 1.165) is 51.4 Å². The largest absolute Gasteiger partial charge is 0.466 e. The Bertz CT molecular complexity index is 593. The first-order chi connectivity index (χ1) is 16.9. The predicted octanol–water partition coefficient (Wildman–Crippen LogP) is 9.03. The van der Waals surface area contributed by atoms with E-state index in [4.69, 9.17) is 9.47 Å². The molecule has 0 fully saturated rings. The zero-order chi connectivity index (χ0) is 27.9. The van der Waals surface area contributed by atoms with Gasteiger partial charge in [-0.05, 0) is 88.9 Å². The molecule has 0 spiro atoms. The Hall–Kier alpha value is -2.10. The van der Waals surface area contributed by atoms with E-state index in [-0.39, 0.29) is 11.9 Å². The van der Waals surface area contributed by atoms with Gasteiger partial charge in [-0.15, -0.1) is 13.2 Å². The van der Waals surface area contributed by atoms with Gasteiger partial charge in [-0.3, -0.25) is 9.59 Å². The first-order valence-electron chi connectivity index (χ1n) is 13.7. The summed E-state index contributed by atoms with van der Waals surface area (Å²) in [5.41, 5.74) is 2.54. The number of allylic oxidation sites excluding steroid dienone is 4. The van der Waals surface area contributed by atoms with Gasteiger partial charge in [-0.2, -0.15) is 0 Å². The van der Waals surface area contributed by atoms with Crippen molar-refractivity contribution in [2.75, 3.05) is 13.2 Å². The minimum Gasteiger partial charge on any atom is -0.466 e. The van der Waals surface area contributed by atoms with Crippen molar-refractivity contribution in [3.05, 3.63) is 49.6 Å². The topological polar surface area (TPSA) is 52.6 Å². The fourth-order valence-corrected chi connectivity index (χ4v) is 3.98. The Morgan fingerprint density at radius 2 is 0.944 bits per heavy atom. The molecule has 0 N–H and O–H groups in total. The van der Waals surface area contributed by atoms with E-state index < -0.39 is 0 Å². The Labute approximate surface area is 223 Å². The van der Waals surface area contributed by atoms with Crippen molar-refractivity contribution >= 4 is 11.9 Å². The fraction of sp³-hybridized carbons (Fsp3) is 0.688. The molecule has 208 valence electrons. The molecule has 0 bridgehead atoms. The number of hydrogen-bond acceptors (Lipinski definition) is 4. The van der Waals surface area contributed by atoms with E-state index in [0.29, 0.717) is 36.9 Å². The van der Waals surface area contributed by atoms with Crippen molar-refractivity contribution < 1.29 is 19.1 Å². The van der Waals surface area contributed by atoms with Crippen LogP contribution in [-0.2, 0) is 19.1 Å². The second kappa shape index (κ2) is 23.3. The summed E-state index contributed by atoms with van der Waals surface area (Å²) in [6.07, 6.45) is 14.9. The predicted molar refractivity (Wildman–Crippen MR) is 155 cm³/mol. The first-order valence-corrected chi connectivity index (χ1v) is 13.7. The van der Waals surface area contributed by atoms with Crippen LogP contribution in [-0.4, -0.2) is 25.2 Å². The van der Waals surface area contributed by atoms with Crippen LogP contribution in [0.3, 0.4) is 0 Å². The highest BCUT2D eigenvalue weighted by Gasteiger charge is 2.12. The minimum absolute atomic E-state index is 0.187. The number of hydrogen-bond donors (Lipinski definition) is 0. The van der Waals surface area contributed by atoms with Gasteiger partial charge in [0.25, 0.3) is 0 Å². The summed E-state index contributed by atoms with van der Waals surface area (Å²) in [6.45, 7) is 28.3. The van der Waals surface area contributed by atoms with Crippen LogP contribution < -0.4 is 0 Å². The molecule has 0 radical (unpaired) electrons. The van der Waals surface area contributed by atoms with Gasteiger partial charge in [0.15, 0.2) is 0 Å². The molecule has 0 aromatic heterocycles. The van der Waals surface area contributed by atoms with Gasteiger partial charge in [0.05, 0.1) is 13.2 Å². The van der Waals surface area contributed by atoms with Gasteiger partial charge >= 0.3 is 11.9 Å². The van der Waals surface area contributed by atoms with Gasteiger partial charge in [-0.25, -0.2) is 0 Å². The maximum atomic E-state index is 10.7. The molecule has 0 saturated carbocycles. The standard InChI is InChI=1S/2C16H28O2/c2*1-6-7-8-16(13(2)3)10-9-14(4)11-12-18-15(5)17/h2*6,14,16H,1-2,7-12H2,3-5H3/t2*14-,16-/m00/s1. The molecule has 36 heavy (non-hydrogen) atoms. The van der Waals surface area contributed by atoms with Crippen molar-refractivity contribution in [1.29, 1.82) is 0 Å². The molecule has 4 atom stereocenters. The number of esters is 2. The highest BCUT2D eigenvalue weighted by atomic mass is 16.5. The lowest BCUT2D eigenvalue weighted by molar-refractivity contribution is -0.142. The molecule has 0 aromatic rings. The second-order valence-electron chi connectivity index (χ2n) is 10.4. The molecule has 4 heteroatoms. The van der Waals surface area contributed by atoms with Gasteiger partial charge in [0, 0.05) is 13.8 Å². The van der Waals surface area contributed by atoms with E-state index >= 15 is 0 Å². The van der Waals surface area contributed by atoms with Gasteiger partial charge < -0.3 is 9.47 Å². The minimum atomic E-state index is -0.187. The third-order valence-electron chi connectivity index (χ3n) is 6.68. The van der Waals surface area contributed by atoms with Crippen LogP contribution in [0.25, 0.3) is 0 Å². The average molecular weight is 505 g/mol. The van der Waals surface area contributed by atoms with Crippen LogP contribution in [0.4, 0.5) is 0 Å². The quantitative estimate of drug-likeness (QED) is 0.123. The number of carbonyl (C=O) groups is 2. The molecule has 0 aliphatic carbocycles. The number of ether oxygens (including phenoxy) is 2. The van der Waals surface area contributed by atoms with Crippen molar-refractivity contribution in [3.8, 4) is 0 Å². The molecule has 0 aliphatic rings. The molecule has 4 nitrogen and oxygen atoms in total. The highest BCUT2D eigenvalue weighted by molar-refractivity contribution is 5.66. The smallest absolute Gasteiger partial charge is 0.302 e. The van der Waals surface area contributed by atoms with Crippen LogP contribution in [0.2, 0.25) is 0 Å². The molecule has 0 rings (SSSR count). The normalized spacial score (nSPS) is 13.7. The molecule has 0 amide bonds. The van der Waals surface area contributed by atoms with E-state index in [1.807, 2.05) is 12.2 Å². The Kier molecular flexibility index (Phi) is 23.3. The van der Waals surface area contributed by atoms with Gasteiger partial charge in [0.2, 0.25) is 0 Å². The van der Waals surface area contributed by atoms with E-state index in [2.05, 4.69) is 54.0 Å². The maximum absolute atomic E-state index is 10.7. The van der Waals surface area contributed by atoms with Crippen molar-refractivity contribution in [3.63, 3.8) is 0 Å². The van der Waals surface area contributed by atoms with Crippen LogP contribution in [0.1, 0.15) is 106 Å². The van der Waals surface area contributed by atoms with E-state index in [9.17, 15) is 9.59 Å². The Morgan fingerprint density at radius 1 is 0.611 bits per heavy atom. The van der Waals surface area contributed by atoms with Crippen molar-refractivity contribution in [2.45, 2.75) is 106 Å². The summed E-state index contributed by atoms with van der Waals surface area (Å²) >= 11 is 0. The molecular formula is C32H56O4. The third kappa shape index (κ3) is 23.6. The summed E-state index contributed by atoms with van der Waals surface area (Å²) in [6, 6.07) is 0. The second-order valence-corrected chi connectivity index (χ2v) is 10.4. The Morgan fingerprint density at radius 3 is 1.19 bits per heavy atom. The zero-order valence-electron chi connectivity index (χ0n) is 24.4. The third-order valence-corrected chi connectivity index (χ3v) is 6.68. The average Bonchev–Trinajstić information content (AvgIpc) is 2.78. The van der Waals surface area contributed by atoms with Crippen LogP contribution >= 0.6 is 0 Å². The van der Waals surface area contributed by atoms with Gasteiger partial charge in [0.1, 0.15) is 0 Å². The molecule has 0 saturated heterocycles. The number of carbonyl (C=O) groups excluding carboxylic acids is 2. The fourth-order valence-electron chi connectivity index (χ4n) is 3.98. The lowest BCUT2D eigenvalue weighted by atomic mass is 9.88. The monoisotopic (exact) mass is 504 g/mol. The summed E-state index contributed by atoms with van der Waals surface area (Å²) in [5.74, 6) is 2.00. The van der Waals surface area contributed by atoms with Crippen molar-refractivity contribution in [1.82, 2.24) is 0 Å². The first kappa shape index (κ1) is 36.1. The van der Waals surface area contributed by atoms with Crippen LogP contribution in [0.5, 0.6) is 0 Å². The Balaban J connectivity index is 0. The lowest BCUT2D eigenvalue weighted by Crippen LogP contribution is -2.08. The summed E-state index contributed by atoms with van der Waals surface area (Å²) in [7, 11) is 0. The summed E-state index contributed by atoms with van der Waals surface area (Å²) in [5, 5.41) is 0. The van der Waals surface area contributed by atoms with Crippen LogP contribution in [0, 0.1) is 23.7 Å². The van der Waals surface area contributed by atoms with Crippen molar-refractivity contribution in [2.24, 2.45) is 23.7 Å². The van der Waals surface area contributed by atoms with Gasteiger partial charge in [-0.1, -0.05) is 63.1 Å². The number of rotatable bonds is 20. The van der Waals surface area contributed by atoms with E-state index in [1.165, 1.54) is 37.8 Å². The molecule has 0 aromatic carbocycles. The maximum Gasteiger partial charge on any atom is 0.302 e. The SMILES string of the molecule is C=CCC[C@@H](CC[C@H](C)CCOC(C)=O)C(=C)C.C=CCC[C@@H](CC[C@H](C)CCOC(C)=O)C(=C)C. The van der Waals surface area contributed by atoms with E-state index in [1.54, 1.807) is 0 Å². The summed E-state index contributed by atoms with van der Waals surface area (Å²) in [4.78, 5) is 21.3. The molecule has 0 heterocycles. The molecule has 0 aliphatic heterocycles. The zero-order valence-corrected chi connectivity index (χ0v) is 24.4. The lowest BCUT2D eigenvalue weighted by Gasteiger charge is -2.19.